The molecule has 2 rings (SSSR count). The quantitative estimate of drug-likeness (QED) is 0.551. The molecule has 0 atom stereocenters. The lowest BCUT2D eigenvalue weighted by Crippen LogP contribution is -2.20. The lowest BCUT2D eigenvalue weighted by molar-refractivity contribution is 0.740. The summed E-state index contributed by atoms with van der Waals surface area (Å²) < 4.78 is 0. The van der Waals surface area contributed by atoms with Gasteiger partial charge in [-0.1, -0.05) is 26.7 Å². The molecule has 5 heteroatoms. The fourth-order valence-corrected chi connectivity index (χ4v) is 2.44. The van der Waals surface area contributed by atoms with E-state index in [1.54, 1.807) is 6.33 Å². The van der Waals surface area contributed by atoms with Crippen LogP contribution in [0.2, 0.25) is 0 Å². The number of nitrogens with zero attached hydrogens (tertiary/aromatic N) is 2. The number of nitrogen functional groups attached to an aromatic ring is 1. The molecule has 1 aliphatic rings. The van der Waals surface area contributed by atoms with Crippen molar-refractivity contribution < 1.29 is 0 Å². The number of hydrogen-bond donors (Lipinski definition) is 3. The van der Waals surface area contributed by atoms with E-state index in [0.29, 0.717) is 12.0 Å². The Kier molecular flexibility index (Phi) is 3.78. The van der Waals surface area contributed by atoms with Gasteiger partial charge in [-0.15, -0.1) is 0 Å². The van der Waals surface area contributed by atoms with Gasteiger partial charge in [0.1, 0.15) is 18.0 Å². The zero-order valence-electron chi connectivity index (χ0n) is 10.5. The molecule has 0 aliphatic heterocycles. The summed E-state index contributed by atoms with van der Waals surface area (Å²) in [6.07, 6.45) is 6.63. The molecule has 1 fully saturated rings. The van der Waals surface area contributed by atoms with Crippen LogP contribution in [0.3, 0.4) is 0 Å². The van der Waals surface area contributed by atoms with Gasteiger partial charge in [-0.3, -0.25) is 0 Å². The zero-order valence-corrected chi connectivity index (χ0v) is 10.5. The van der Waals surface area contributed by atoms with Crippen molar-refractivity contribution >= 4 is 11.6 Å². The number of nitrogens with two attached hydrogens (primary N) is 1. The van der Waals surface area contributed by atoms with E-state index in [4.69, 9.17) is 5.84 Å². The van der Waals surface area contributed by atoms with Gasteiger partial charge in [-0.05, 0) is 18.8 Å². The summed E-state index contributed by atoms with van der Waals surface area (Å²) in [5.41, 5.74) is 3.72. The Morgan fingerprint density at radius 2 is 1.88 bits per heavy atom. The van der Waals surface area contributed by atoms with Gasteiger partial charge in [-0.25, -0.2) is 15.8 Å². The largest absolute Gasteiger partial charge is 0.367 e. The molecule has 1 heterocycles. The summed E-state index contributed by atoms with van der Waals surface area (Å²) in [6, 6.07) is 0.549. The van der Waals surface area contributed by atoms with E-state index in [0.717, 1.165) is 17.2 Å². The minimum absolute atomic E-state index is 0.339. The van der Waals surface area contributed by atoms with Crippen LogP contribution >= 0.6 is 0 Å². The normalized spacial score (nSPS) is 16.5. The Balaban J connectivity index is 2.25. The van der Waals surface area contributed by atoms with E-state index < -0.39 is 0 Å². The number of anilines is 2. The highest BCUT2D eigenvalue weighted by atomic mass is 15.3. The Morgan fingerprint density at radius 1 is 1.24 bits per heavy atom. The van der Waals surface area contributed by atoms with Gasteiger partial charge >= 0.3 is 0 Å². The molecule has 94 valence electrons. The molecule has 1 aromatic heterocycles. The second-order valence-electron chi connectivity index (χ2n) is 4.91. The second-order valence-corrected chi connectivity index (χ2v) is 4.91. The molecular formula is C12H21N5. The number of aromatic nitrogens is 2. The van der Waals surface area contributed by atoms with E-state index in [1.165, 1.54) is 25.7 Å². The van der Waals surface area contributed by atoms with Crippen molar-refractivity contribution in [2.45, 2.75) is 51.5 Å². The third-order valence-corrected chi connectivity index (χ3v) is 3.29. The molecule has 1 aromatic rings. The molecule has 1 saturated carbocycles. The van der Waals surface area contributed by atoms with Crippen molar-refractivity contribution in [1.29, 1.82) is 0 Å². The Bertz CT molecular complexity index is 371. The molecule has 0 saturated heterocycles. The molecule has 0 aromatic carbocycles. The first-order chi connectivity index (χ1) is 8.22. The summed E-state index contributed by atoms with van der Waals surface area (Å²) >= 11 is 0. The molecule has 0 amide bonds. The molecule has 5 nitrogen and oxygen atoms in total. The van der Waals surface area contributed by atoms with Crippen molar-refractivity contribution in [2.75, 3.05) is 10.7 Å². The first-order valence-corrected chi connectivity index (χ1v) is 6.30. The van der Waals surface area contributed by atoms with Gasteiger partial charge in [-0.2, -0.15) is 0 Å². The molecule has 0 bridgehead atoms. The SMILES string of the molecule is CC(C)c1c(NN)ncnc1NC1CCCC1. The molecule has 17 heavy (non-hydrogen) atoms. The maximum absolute atomic E-state index is 5.50. The lowest BCUT2D eigenvalue weighted by atomic mass is 10.0. The smallest absolute Gasteiger partial charge is 0.148 e. The van der Waals surface area contributed by atoms with Gasteiger partial charge in [0, 0.05) is 11.6 Å². The van der Waals surface area contributed by atoms with Crippen LogP contribution in [0.15, 0.2) is 6.33 Å². The maximum atomic E-state index is 5.50. The van der Waals surface area contributed by atoms with Crippen LogP contribution in [0.25, 0.3) is 0 Å². The summed E-state index contributed by atoms with van der Waals surface area (Å²) in [7, 11) is 0. The molecule has 0 spiro atoms. The van der Waals surface area contributed by atoms with E-state index >= 15 is 0 Å². The Labute approximate surface area is 102 Å². The number of rotatable bonds is 4. The van der Waals surface area contributed by atoms with E-state index in [-0.39, 0.29) is 0 Å². The average Bonchev–Trinajstić information content (AvgIpc) is 2.81. The van der Waals surface area contributed by atoms with Crippen LogP contribution < -0.4 is 16.6 Å². The van der Waals surface area contributed by atoms with Crippen molar-refractivity contribution in [2.24, 2.45) is 5.84 Å². The first kappa shape index (κ1) is 12.1. The van der Waals surface area contributed by atoms with Gasteiger partial charge in [0.05, 0.1) is 0 Å². The molecule has 4 N–H and O–H groups in total. The monoisotopic (exact) mass is 235 g/mol. The lowest BCUT2D eigenvalue weighted by Gasteiger charge is -2.19. The minimum atomic E-state index is 0.339. The first-order valence-electron chi connectivity index (χ1n) is 6.30. The molecule has 0 radical (unpaired) electrons. The summed E-state index contributed by atoms with van der Waals surface area (Å²) in [5.74, 6) is 7.48. The third-order valence-electron chi connectivity index (χ3n) is 3.29. The fourth-order valence-electron chi connectivity index (χ4n) is 2.44. The van der Waals surface area contributed by atoms with Crippen molar-refractivity contribution in [3.8, 4) is 0 Å². The molecular weight excluding hydrogens is 214 g/mol. The third kappa shape index (κ3) is 2.66. The van der Waals surface area contributed by atoms with Crippen LogP contribution in [-0.2, 0) is 0 Å². The summed E-state index contributed by atoms with van der Waals surface area (Å²) in [4.78, 5) is 8.52. The zero-order chi connectivity index (χ0) is 12.3. The number of hydrogen-bond acceptors (Lipinski definition) is 5. The van der Waals surface area contributed by atoms with Crippen LogP contribution in [-0.4, -0.2) is 16.0 Å². The van der Waals surface area contributed by atoms with E-state index in [9.17, 15) is 0 Å². The highest BCUT2D eigenvalue weighted by Gasteiger charge is 2.19. The van der Waals surface area contributed by atoms with Crippen molar-refractivity contribution in [1.82, 2.24) is 9.97 Å². The van der Waals surface area contributed by atoms with Crippen LogP contribution in [0.4, 0.5) is 11.6 Å². The predicted molar refractivity (Wildman–Crippen MR) is 69.8 cm³/mol. The van der Waals surface area contributed by atoms with Crippen LogP contribution in [0, 0.1) is 0 Å². The highest BCUT2D eigenvalue weighted by molar-refractivity contribution is 5.58. The van der Waals surface area contributed by atoms with Gasteiger partial charge in [0.25, 0.3) is 0 Å². The van der Waals surface area contributed by atoms with E-state index in [2.05, 4.69) is 34.6 Å². The number of nitrogens with one attached hydrogen (secondary N) is 2. The second kappa shape index (κ2) is 5.31. The van der Waals surface area contributed by atoms with Crippen molar-refractivity contribution in [3.63, 3.8) is 0 Å². The summed E-state index contributed by atoms with van der Waals surface area (Å²) in [5, 5.41) is 3.52. The summed E-state index contributed by atoms with van der Waals surface area (Å²) in [6.45, 7) is 4.25. The maximum Gasteiger partial charge on any atom is 0.148 e. The number of hydrazine groups is 1. The molecule has 1 aliphatic carbocycles. The van der Waals surface area contributed by atoms with Gasteiger partial charge in [0.2, 0.25) is 0 Å². The fraction of sp³-hybridized carbons (Fsp3) is 0.667. The van der Waals surface area contributed by atoms with Crippen LogP contribution in [0.1, 0.15) is 51.0 Å². The van der Waals surface area contributed by atoms with Crippen molar-refractivity contribution in [3.05, 3.63) is 11.9 Å². The van der Waals surface area contributed by atoms with Gasteiger partial charge in [0.15, 0.2) is 0 Å². The average molecular weight is 235 g/mol. The highest BCUT2D eigenvalue weighted by Crippen LogP contribution is 2.30. The standard InChI is InChI=1S/C12H21N5/c1-8(2)10-11(14-7-15-12(10)17-13)16-9-5-3-4-6-9/h7-9H,3-6,13H2,1-2H3,(H2,14,15,16,17). The predicted octanol–water partition coefficient (Wildman–Crippen LogP) is 2.24. The van der Waals surface area contributed by atoms with E-state index in [1.807, 2.05) is 0 Å². The molecule has 0 unspecified atom stereocenters. The minimum Gasteiger partial charge on any atom is -0.367 e. The topological polar surface area (TPSA) is 75.9 Å². The Morgan fingerprint density at radius 3 is 2.47 bits per heavy atom. The Hall–Kier alpha value is -1.36. The van der Waals surface area contributed by atoms with Gasteiger partial charge < -0.3 is 10.7 Å². The van der Waals surface area contributed by atoms with Crippen LogP contribution in [0.5, 0.6) is 0 Å².